The zero-order valence-corrected chi connectivity index (χ0v) is 8.73. The molecule has 6 nitrogen and oxygen atoms in total. The Bertz CT molecular complexity index is 306. The average Bonchev–Trinajstić information content (AvgIpc) is 2.12. The van der Waals surface area contributed by atoms with Crippen molar-refractivity contribution in [3.05, 3.63) is 12.2 Å². The highest BCUT2D eigenvalue weighted by atomic mass is 16.5. The van der Waals surface area contributed by atoms with Crippen LogP contribution in [0.1, 0.15) is 13.8 Å². The summed E-state index contributed by atoms with van der Waals surface area (Å²) in [7, 11) is 1.20. The van der Waals surface area contributed by atoms with E-state index in [1.165, 1.54) is 21.0 Å². The standard InChI is InChI=1S/C9H13NO5/c1-9(2,8(14)15-3)10-6(11)4-5-7(12)13/h4-5H,1-3H3,(H,10,11)(H,12,13)/b5-4+. The second-order valence-electron chi connectivity index (χ2n) is 3.28. The summed E-state index contributed by atoms with van der Waals surface area (Å²) >= 11 is 0. The lowest BCUT2D eigenvalue weighted by Crippen LogP contribution is -2.49. The highest BCUT2D eigenvalue weighted by Gasteiger charge is 2.29. The van der Waals surface area contributed by atoms with Crippen molar-refractivity contribution in [3.63, 3.8) is 0 Å². The minimum Gasteiger partial charge on any atom is -0.478 e. The maximum Gasteiger partial charge on any atom is 0.330 e. The molecule has 0 saturated carbocycles. The molecule has 0 aromatic heterocycles. The SMILES string of the molecule is COC(=O)C(C)(C)NC(=O)/C=C/C(=O)O. The van der Waals surface area contributed by atoms with E-state index in [0.717, 1.165) is 6.08 Å². The first kappa shape index (κ1) is 13.2. The first-order valence-corrected chi connectivity index (χ1v) is 4.11. The quantitative estimate of drug-likeness (QED) is 0.496. The number of hydrogen-bond acceptors (Lipinski definition) is 4. The number of nitrogens with one attached hydrogen (secondary N) is 1. The van der Waals surface area contributed by atoms with E-state index in [0.29, 0.717) is 6.08 Å². The topological polar surface area (TPSA) is 92.7 Å². The summed E-state index contributed by atoms with van der Waals surface area (Å²) in [5.41, 5.74) is -1.19. The lowest BCUT2D eigenvalue weighted by Gasteiger charge is -2.21. The molecule has 0 unspecified atom stereocenters. The fourth-order valence-electron chi connectivity index (χ4n) is 0.803. The Labute approximate surface area is 86.9 Å². The van der Waals surface area contributed by atoms with Gasteiger partial charge in [-0.05, 0) is 13.8 Å². The van der Waals surface area contributed by atoms with E-state index < -0.39 is 23.4 Å². The summed E-state index contributed by atoms with van der Waals surface area (Å²) in [6.45, 7) is 2.90. The van der Waals surface area contributed by atoms with Crippen molar-refractivity contribution in [2.24, 2.45) is 0 Å². The van der Waals surface area contributed by atoms with E-state index in [1.54, 1.807) is 0 Å². The molecule has 15 heavy (non-hydrogen) atoms. The third-order valence-corrected chi connectivity index (χ3v) is 1.51. The summed E-state index contributed by atoms with van der Waals surface area (Å²) in [6.07, 6.45) is 1.51. The maximum absolute atomic E-state index is 11.1. The second kappa shape index (κ2) is 5.14. The minimum atomic E-state index is -1.24. The van der Waals surface area contributed by atoms with Crippen LogP contribution >= 0.6 is 0 Å². The number of rotatable bonds is 4. The molecule has 0 bridgehead atoms. The molecular formula is C9H13NO5. The molecule has 1 amide bonds. The highest BCUT2D eigenvalue weighted by molar-refractivity contribution is 5.96. The fourth-order valence-corrected chi connectivity index (χ4v) is 0.803. The molecule has 0 radical (unpaired) electrons. The number of amides is 1. The van der Waals surface area contributed by atoms with Crippen molar-refractivity contribution >= 4 is 17.8 Å². The third kappa shape index (κ3) is 4.80. The van der Waals surface area contributed by atoms with Gasteiger partial charge in [0.15, 0.2) is 0 Å². The number of carboxylic acid groups (broad SMARTS) is 1. The Morgan fingerprint density at radius 1 is 1.27 bits per heavy atom. The Hall–Kier alpha value is -1.85. The highest BCUT2D eigenvalue weighted by Crippen LogP contribution is 2.04. The van der Waals surface area contributed by atoms with Gasteiger partial charge in [-0.1, -0.05) is 0 Å². The van der Waals surface area contributed by atoms with Crippen LogP contribution in [0.25, 0.3) is 0 Å². The molecule has 0 saturated heterocycles. The van der Waals surface area contributed by atoms with Crippen LogP contribution in [0.15, 0.2) is 12.2 Å². The summed E-state index contributed by atoms with van der Waals surface area (Å²) in [6, 6.07) is 0. The lowest BCUT2D eigenvalue weighted by atomic mass is 10.1. The van der Waals surface area contributed by atoms with Gasteiger partial charge in [0.2, 0.25) is 5.91 Å². The summed E-state index contributed by atoms with van der Waals surface area (Å²) in [5.74, 6) is -2.52. The normalized spacial score (nSPS) is 11.1. The Kier molecular flexibility index (Phi) is 4.50. The molecule has 0 fully saturated rings. The number of carbonyl (C=O) groups is 3. The van der Waals surface area contributed by atoms with E-state index in [9.17, 15) is 14.4 Å². The average molecular weight is 215 g/mol. The molecule has 0 aliphatic heterocycles. The molecule has 2 N–H and O–H groups in total. The summed E-state index contributed by atoms with van der Waals surface area (Å²) in [5, 5.41) is 10.6. The van der Waals surface area contributed by atoms with Crippen LogP contribution in [0.5, 0.6) is 0 Å². The van der Waals surface area contributed by atoms with Gasteiger partial charge >= 0.3 is 11.9 Å². The second-order valence-corrected chi connectivity index (χ2v) is 3.28. The van der Waals surface area contributed by atoms with Gasteiger partial charge in [0.25, 0.3) is 0 Å². The molecule has 0 aliphatic rings. The zero-order valence-electron chi connectivity index (χ0n) is 8.73. The zero-order chi connectivity index (χ0) is 12.1. The van der Waals surface area contributed by atoms with Crippen LogP contribution in [-0.2, 0) is 19.1 Å². The monoisotopic (exact) mass is 215 g/mol. The van der Waals surface area contributed by atoms with Gasteiger partial charge in [0.1, 0.15) is 5.54 Å². The van der Waals surface area contributed by atoms with Crippen molar-refractivity contribution < 1.29 is 24.2 Å². The van der Waals surface area contributed by atoms with E-state index in [-0.39, 0.29) is 0 Å². The van der Waals surface area contributed by atoms with Crippen molar-refractivity contribution in [3.8, 4) is 0 Å². The largest absolute Gasteiger partial charge is 0.478 e. The van der Waals surface area contributed by atoms with Gasteiger partial charge in [-0.2, -0.15) is 0 Å². The van der Waals surface area contributed by atoms with Crippen LogP contribution in [-0.4, -0.2) is 35.6 Å². The number of esters is 1. The molecule has 84 valence electrons. The van der Waals surface area contributed by atoms with Gasteiger partial charge in [0, 0.05) is 12.2 Å². The van der Waals surface area contributed by atoms with E-state index in [4.69, 9.17) is 5.11 Å². The minimum absolute atomic E-state index is 0.612. The Balaban J connectivity index is 4.41. The predicted octanol–water partition coefficient (Wildman–Crippen LogP) is -0.305. The number of aliphatic carboxylic acids is 1. The molecule has 0 aromatic rings. The van der Waals surface area contributed by atoms with Gasteiger partial charge < -0.3 is 15.2 Å². The fraction of sp³-hybridized carbons (Fsp3) is 0.444. The van der Waals surface area contributed by atoms with Crippen LogP contribution in [0, 0.1) is 0 Å². The van der Waals surface area contributed by atoms with E-state index in [1.807, 2.05) is 0 Å². The molecule has 0 heterocycles. The number of hydrogen-bond donors (Lipinski definition) is 2. The first-order valence-electron chi connectivity index (χ1n) is 4.11. The molecule has 0 rings (SSSR count). The first-order chi connectivity index (χ1) is 6.79. The number of ether oxygens (including phenoxy) is 1. The number of carbonyl (C=O) groups excluding carboxylic acids is 2. The number of methoxy groups -OCH3 is 1. The summed E-state index contributed by atoms with van der Waals surface area (Å²) < 4.78 is 4.45. The van der Waals surface area contributed by atoms with E-state index >= 15 is 0 Å². The van der Waals surface area contributed by atoms with Crippen molar-refractivity contribution in [1.29, 1.82) is 0 Å². The van der Waals surface area contributed by atoms with Crippen LogP contribution in [0.2, 0.25) is 0 Å². The Morgan fingerprint density at radius 3 is 2.20 bits per heavy atom. The van der Waals surface area contributed by atoms with Gasteiger partial charge in [-0.15, -0.1) is 0 Å². The molecular weight excluding hydrogens is 202 g/mol. The van der Waals surface area contributed by atoms with Crippen molar-refractivity contribution in [1.82, 2.24) is 5.32 Å². The van der Waals surface area contributed by atoms with Gasteiger partial charge in [-0.25, -0.2) is 9.59 Å². The smallest absolute Gasteiger partial charge is 0.330 e. The summed E-state index contributed by atoms with van der Waals surface area (Å²) in [4.78, 5) is 32.3. The Morgan fingerprint density at radius 2 is 1.80 bits per heavy atom. The molecule has 6 heteroatoms. The lowest BCUT2D eigenvalue weighted by molar-refractivity contribution is -0.148. The molecule has 0 spiro atoms. The number of carboxylic acids is 1. The molecule has 0 atom stereocenters. The van der Waals surface area contributed by atoms with Gasteiger partial charge in [0.05, 0.1) is 7.11 Å². The van der Waals surface area contributed by atoms with Crippen LogP contribution < -0.4 is 5.32 Å². The van der Waals surface area contributed by atoms with Crippen LogP contribution in [0.4, 0.5) is 0 Å². The van der Waals surface area contributed by atoms with Crippen LogP contribution in [0.3, 0.4) is 0 Å². The van der Waals surface area contributed by atoms with Crippen molar-refractivity contribution in [2.45, 2.75) is 19.4 Å². The maximum atomic E-state index is 11.1. The predicted molar refractivity (Wildman–Crippen MR) is 51.0 cm³/mol. The van der Waals surface area contributed by atoms with Gasteiger partial charge in [-0.3, -0.25) is 4.79 Å². The van der Waals surface area contributed by atoms with E-state index in [2.05, 4.69) is 10.1 Å². The molecule has 0 aliphatic carbocycles. The molecule has 0 aromatic carbocycles. The van der Waals surface area contributed by atoms with Crippen molar-refractivity contribution in [2.75, 3.05) is 7.11 Å². The third-order valence-electron chi connectivity index (χ3n) is 1.51.